The monoisotopic (exact) mass is 307 g/mol. The Hall–Kier alpha value is -1.86. The van der Waals surface area contributed by atoms with Crippen molar-refractivity contribution in [2.24, 2.45) is 0 Å². The summed E-state index contributed by atoms with van der Waals surface area (Å²) in [5.41, 5.74) is 1.01. The molecule has 3 rings (SSSR count). The van der Waals surface area contributed by atoms with Gasteiger partial charge in [0.25, 0.3) is 5.19 Å². The van der Waals surface area contributed by atoms with Crippen LogP contribution in [-0.2, 0) is 13.2 Å². The minimum absolute atomic E-state index is 0.280. The molecule has 1 aromatic carbocycles. The van der Waals surface area contributed by atoms with Gasteiger partial charge in [0.15, 0.2) is 11.5 Å². The second kappa shape index (κ2) is 6.28. The minimum Gasteiger partial charge on any atom is -0.464 e. The average Bonchev–Trinajstić information content (AvgIpc) is 3.11. The lowest BCUT2D eigenvalue weighted by atomic mass is 10.2. The van der Waals surface area contributed by atoms with Gasteiger partial charge in [-0.3, -0.25) is 0 Å². The van der Waals surface area contributed by atoms with Gasteiger partial charge >= 0.3 is 0 Å². The van der Waals surface area contributed by atoms with Crippen molar-refractivity contribution in [2.45, 2.75) is 33.0 Å². The number of ether oxygens (including phenoxy) is 3. The summed E-state index contributed by atoms with van der Waals surface area (Å²) < 4.78 is 16.3. The van der Waals surface area contributed by atoms with E-state index in [1.807, 2.05) is 18.2 Å². The van der Waals surface area contributed by atoms with Crippen LogP contribution in [0.4, 0.5) is 0 Å². The van der Waals surface area contributed by atoms with E-state index >= 15 is 0 Å². The fraction of sp³-hybridized carbons (Fsp3) is 0.429. The second-order valence-electron chi connectivity index (χ2n) is 4.97. The topological polar surface area (TPSA) is 65.5 Å². The van der Waals surface area contributed by atoms with Crippen molar-refractivity contribution in [3.8, 4) is 16.7 Å². The van der Waals surface area contributed by atoms with E-state index < -0.39 is 0 Å². The molecule has 0 spiro atoms. The first-order chi connectivity index (χ1) is 10.2. The summed E-state index contributed by atoms with van der Waals surface area (Å²) in [6.45, 7) is 5.62. The lowest BCUT2D eigenvalue weighted by Gasteiger charge is -2.04. The maximum atomic E-state index is 5.66. The van der Waals surface area contributed by atoms with E-state index in [-0.39, 0.29) is 6.79 Å². The summed E-state index contributed by atoms with van der Waals surface area (Å²) in [4.78, 5) is 0. The largest absolute Gasteiger partial charge is 0.464 e. The van der Waals surface area contributed by atoms with Gasteiger partial charge in [-0.25, -0.2) is 0 Å². The SMILES string of the molecule is CC(C)NCc1nnc(OCc2ccc3c(c2)OCO3)s1. The highest BCUT2D eigenvalue weighted by molar-refractivity contribution is 7.13. The van der Waals surface area contributed by atoms with Crippen molar-refractivity contribution in [2.75, 3.05) is 6.79 Å². The molecule has 112 valence electrons. The fourth-order valence-electron chi connectivity index (χ4n) is 1.84. The summed E-state index contributed by atoms with van der Waals surface area (Å²) in [7, 11) is 0. The Balaban J connectivity index is 1.55. The molecule has 21 heavy (non-hydrogen) atoms. The van der Waals surface area contributed by atoms with Gasteiger partial charge in [0.05, 0.1) is 6.54 Å². The van der Waals surface area contributed by atoms with Crippen molar-refractivity contribution in [1.29, 1.82) is 0 Å². The van der Waals surface area contributed by atoms with Gasteiger partial charge in [0.2, 0.25) is 6.79 Å². The number of fused-ring (bicyclic) bond motifs is 1. The zero-order valence-electron chi connectivity index (χ0n) is 12.0. The Labute approximate surface area is 127 Å². The smallest absolute Gasteiger partial charge is 0.294 e. The molecular weight excluding hydrogens is 290 g/mol. The summed E-state index contributed by atoms with van der Waals surface area (Å²) in [6.07, 6.45) is 0. The molecule has 0 amide bonds. The highest BCUT2D eigenvalue weighted by atomic mass is 32.1. The molecule has 1 aliphatic heterocycles. The van der Waals surface area contributed by atoms with Crippen LogP contribution in [0.15, 0.2) is 18.2 Å². The molecule has 0 bridgehead atoms. The van der Waals surface area contributed by atoms with Crippen molar-refractivity contribution < 1.29 is 14.2 Å². The third-order valence-corrected chi connectivity index (χ3v) is 3.74. The van der Waals surface area contributed by atoms with Crippen LogP contribution >= 0.6 is 11.3 Å². The molecule has 7 heteroatoms. The molecule has 0 fully saturated rings. The van der Waals surface area contributed by atoms with E-state index in [2.05, 4.69) is 29.4 Å². The molecule has 0 atom stereocenters. The lowest BCUT2D eigenvalue weighted by molar-refractivity contribution is 0.174. The van der Waals surface area contributed by atoms with Gasteiger partial charge in [0, 0.05) is 6.04 Å². The van der Waals surface area contributed by atoms with Crippen molar-refractivity contribution in [3.05, 3.63) is 28.8 Å². The highest BCUT2D eigenvalue weighted by Gasteiger charge is 2.13. The maximum Gasteiger partial charge on any atom is 0.294 e. The van der Waals surface area contributed by atoms with Gasteiger partial charge in [-0.1, -0.05) is 36.3 Å². The van der Waals surface area contributed by atoms with E-state index in [9.17, 15) is 0 Å². The summed E-state index contributed by atoms with van der Waals surface area (Å²) >= 11 is 1.46. The molecule has 0 saturated heterocycles. The number of rotatable bonds is 6. The molecule has 6 nitrogen and oxygen atoms in total. The number of hydrogen-bond acceptors (Lipinski definition) is 7. The lowest BCUT2D eigenvalue weighted by Crippen LogP contribution is -2.21. The van der Waals surface area contributed by atoms with E-state index in [0.717, 1.165) is 22.1 Å². The predicted molar refractivity (Wildman–Crippen MR) is 78.8 cm³/mol. The second-order valence-corrected chi connectivity index (χ2v) is 6.00. The van der Waals surface area contributed by atoms with Crippen LogP contribution in [0.25, 0.3) is 0 Å². The molecular formula is C14H17N3O3S. The quantitative estimate of drug-likeness (QED) is 0.883. The molecule has 0 unspecified atom stereocenters. The van der Waals surface area contributed by atoms with Crippen molar-refractivity contribution >= 4 is 11.3 Å². The summed E-state index contributed by atoms with van der Waals surface area (Å²) in [5, 5.41) is 12.9. The van der Waals surface area contributed by atoms with Crippen LogP contribution in [0.1, 0.15) is 24.4 Å². The van der Waals surface area contributed by atoms with Crippen LogP contribution < -0.4 is 19.5 Å². The van der Waals surface area contributed by atoms with Crippen LogP contribution in [0.3, 0.4) is 0 Å². The molecule has 1 aliphatic rings. The number of hydrogen-bond donors (Lipinski definition) is 1. The van der Waals surface area contributed by atoms with Crippen molar-refractivity contribution in [1.82, 2.24) is 15.5 Å². The third kappa shape index (κ3) is 3.62. The Morgan fingerprint density at radius 3 is 3.00 bits per heavy atom. The predicted octanol–water partition coefficient (Wildman–Crippen LogP) is 2.34. The van der Waals surface area contributed by atoms with Gasteiger partial charge in [-0.2, -0.15) is 0 Å². The molecule has 1 aromatic heterocycles. The average molecular weight is 307 g/mol. The van der Waals surface area contributed by atoms with E-state index in [0.29, 0.717) is 24.4 Å². The number of aromatic nitrogens is 2. The normalized spacial score (nSPS) is 12.9. The van der Waals surface area contributed by atoms with Gasteiger partial charge in [0.1, 0.15) is 11.6 Å². The van der Waals surface area contributed by atoms with Gasteiger partial charge in [-0.05, 0) is 17.7 Å². The number of nitrogens with one attached hydrogen (secondary N) is 1. The third-order valence-electron chi connectivity index (χ3n) is 2.91. The summed E-state index contributed by atoms with van der Waals surface area (Å²) in [5.74, 6) is 1.53. The number of benzene rings is 1. The minimum atomic E-state index is 0.280. The standard InChI is InChI=1S/C14H17N3O3S/c1-9(2)15-6-13-16-17-14(21-13)18-7-10-3-4-11-12(5-10)20-8-19-11/h3-5,9,15H,6-8H2,1-2H3. The first-order valence-corrected chi connectivity index (χ1v) is 7.59. The first-order valence-electron chi connectivity index (χ1n) is 6.78. The highest BCUT2D eigenvalue weighted by Crippen LogP contribution is 2.32. The Bertz CT molecular complexity index is 615. The van der Waals surface area contributed by atoms with E-state index in [4.69, 9.17) is 14.2 Å². The van der Waals surface area contributed by atoms with Crippen LogP contribution in [0, 0.1) is 0 Å². The molecule has 1 N–H and O–H groups in total. The Morgan fingerprint density at radius 1 is 1.29 bits per heavy atom. The van der Waals surface area contributed by atoms with Crippen LogP contribution in [0.5, 0.6) is 16.7 Å². The molecule has 0 radical (unpaired) electrons. The van der Waals surface area contributed by atoms with Gasteiger partial charge in [-0.15, -0.1) is 5.10 Å². The Morgan fingerprint density at radius 2 is 2.14 bits per heavy atom. The van der Waals surface area contributed by atoms with Crippen LogP contribution in [0.2, 0.25) is 0 Å². The zero-order chi connectivity index (χ0) is 14.7. The summed E-state index contributed by atoms with van der Waals surface area (Å²) in [6, 6.07) is 6.19. The van der Waals surface area contributed by atoms with Crippen LogP contribution in [-0.4, -0.2) is 23.0 Å². The number of nitrogens with zero attached hydrogens (tertiary/aromatic N) is 2. The van der Waals surface area contributed by atoms with E-state index in [1.165, 1.54) is 11.3 Å². The molecule has 2 aromatic rings. The molecule has 2 heterocycles. The van der Waals surface area contributed by atoms with Gasteiger partial charge < -0.3 is 19.5 Å². The maximum absolute atomic E-state index is 5.66. The fourth-order valence-corrected chi connectivity index (χ4v) is 2.47. The molecule has 0 saturated carbocycles. The molecule has 0 aliphatic carbocycles. The van der Waals surface area contributed by atoms with Crippen molar-refractivity contribution in [3.63, 3.8) is 0 Å². The van der Waals surface area contributed by atoms with E-state index in [1.54, 1.807) is 0 Å². The first kappa shape index (κ1) is 14.1. The zero-order valence-corrected chi connectivity index (χ0v) is 12.8. The Kier molecular flexibility index (Phi) is 4.21.